The Balaban J connectivity index is 1.83. The molecule has 19 heavy (non-hydrogen) atoms. The van der Waals surface area contributed by atoms with Crippen molar-refractivity contribution < 1.29 is 9.47 Å². The number of hydrogen-bond acceptors (Lipinski definition) is 3. The maximum absolute atomic E-state index is 6.64. The van der Waals surface area contributed by atoms with Crippen molar-refractivity contribution in [1.82, 2.24) is 0 Å². The minimum absolute atomic E-state index is 0.188. The molecule has 0 radical (unpaired) electrons. The van der Waals surface area contributed by atoms with Crippen molar-refractivity contribution in [2.24, 2.45) is 5.73 Å². The molecule has 0 amide bonds. The maximum atomic E-state index is 6.64. The zero-order chi connectivity index (χ0) is 13.1. The van der Waals surface area contributed by atoms with Crippen molar-refractivity contribution in [3.63, 3.8) is 0 Å². The van der Waals surface area contributed by atoms with Gasteiger partial charge in [-0.05, 0) is 18.9 Å². The van der Waals surface area contributed by atoms with Crippen molar-refractivity contribution in [1.29, 1.82) is 0 Å². The van der Waals surface area contributed by atoms with Crippen LogP contribution in [0, 0.1) is 0 Å². The van der Waals surface area contributed by atoms with Gasteiger partial charge < -0.3 is 15.2 Å². The van der Waals surface area contributed by atoms with Crippen molar-refractivity contribution >= 4 is 0 Å². The molecule has 0 bridgehead atoms. The largest absolute Gasteiger partial charge is 0.488 e. The van der Waals surface area contributed by atoms with Gasteiger partial charge in [0.05, 0.1) is 13.2 Å². The third-order valence-corrected chi connectivity index (χ3v) is 4.35. The molecule has 1 aromatic rings. The van der Waals surface area contributed by atoms with Gasteiger partial charge in [0.2, 0.25) is 0 Å². The van der Waals surface area contributed by atoms with E-state index in [0.717, 1.165) is 31.6 Å². The number of benzene rings is 1. The Hall–Kier alpha value is -1.06. The van der Waals surface area contributed by atoms with E-state index in [9.17, 15) is 0 Å². The summed E-state index contributed by atoms with van der Waals surface area (Å²) in [7, 11) is 0. The molecule has 3 nitrogen and oxygen atoms in total. The lowest BCUT2D eigenvalue weighted by molar-refractivity contribution is 0.138. The standard InChI is InChI=1S/C16H23NO2/c17-16(9-4-1-5-10-16)14-6-2-3-7-15(14)19-13-8-11-18-12-13/h2-3,6-7,13H,1,4-5,8-12,17H2. The summed E-state index contributed by atoms with van der Waals surface area (Å²) in [5.41, 5.74) is 7.63. The van der Waals surface area contributed by atoms with E-state index in [2.05, 4.69) is 18.2 Å². The lowest BCUT2D eigenvalue weighted by atomic mass is 9.77. The third kappa shape index (κ3) is 2.77. The van der Waals surface area contributed by atoms with Crippen LogP contribution in [0.25, 0.3) is 0 Å². The van der Waals surface area contributed by atoms with E-state index < -0.39 is 0 Å². The number of rotatable bonds is 3. The minimum atomic E-state index is -0.200. The molecule has 3 rings (SSSR count). The Morgan fingerprint density at radius 1 is 1.16 bits per heavy atom. The molecule has 2 fully saturated rings. The van der Waals surface area contributed by atoms with Gasteiger partial charge in [-0.2, -0.15) is 0 Å². The summed E-state index contributed by atoms with van der Waals surface area (Å²) in [5.74, 6) is 0.961. The van der Waals surface area contributed by atoms with Gasteiger partial charge >= 0.3 is 0 Å². The SMILES string of the molecule is NC1(c2ccccc2OC2CCOC2)CCCCC1. The van der Waals surface area contributed by atoms with E-state index in [1.54, 1.807) is 0 Å². The van der Waals surface area contributed by atoms with Crippen LogP contribution in [-0.4, -0.2) is 19.3 Å². The summed E-state index contributed by atoms with van der Waals surface area (Å²) in [6, 6.07) is 8.28. The molecule has 3 heteroatoms. The molecular weight excluding hydrogens is 238 g/mol. The summed E-state index contributed by atoms with van der Waals surface area (Å²) >= 11 is 0. The lowest BCUT2D eigenvalue weighted by Gasteiger charge is -2.35. The van der Waals surface area contributed by atoms with Gasteiger partial charge in [0.25, 0.3) is 0 Å². The van der Waals surface area contributed by atoms with Crippen molar-refractivity contribution in [2.45, 2.75) is 50.2 Å². The van der Waals surface area contributed by atoms with E-state index in [1.807, 2.05) is 6.07 Å². The van der Waals surface area contributed by atoms with E-state index >= 15 is 0 Å². The molecule has 1 saturated heterocycles. The molecule has 1 heterocycles. The predicted molar refractivity (Wildman–Crippen MR) is 75.2 cm³/mol. The number of ether oxygens (including phenoxy) is 2. The molecule has 2 aliphatic rings. The van der Waals surface area contributed by atoms with Crippen LogP contribution in [0.15, 0.2) is 24.3 Å². The average Bonchev–Trinajstić information content (AvgIpc) is 2.93. The van der Waals surface area contributed by atoms with Crippen molar-refractivity contribution in [2.75, 3.05) is 13.2 Å². The highest BCUT2D eigenvalue weighted by Gasteiger charge is 2.32. The summed E-state index contributed by atoms with van der Waals surface area (Å²) < 4.78 is 11.5. The fourth-order valence-corrected chi connectivity index (χ4v) is 3.22. The summed E-state index contributed by atoms with van der Waals surface area (Å²) in [5, 5.41) is 0. The Bertz CT molecular complexity index is 421. The molecule has 1 aliphatic heterocycles. The maximum Gasteiger partial charge on any atom is 0.124 e. The quantitative estimate of drug-likeness (QED) is 0.909. The summed E-state index contributed by atoms with van der Waals surface area (Å²) in [4.78, 5) is 0. The van der Waals surface area contributed by atoms with E-state index in [4.69, 9.17) is 15.2 Å². The molecule has 1 aromatic carbocycles. The van der Waals surface area contributed by atoms with E-state index in [1.165, 1.54) is 24.8 Å². The first-order valence-corrected chi connectivity index (χ1v) is 7.41. The Morgan fingerprint density at radius 2 is 1.95 bits per heavy atom. The molecule has 1 atom stereocenters. The zero-order valence-corrected chi connectivity index (χ0v) is 11.4. The Labute approximate surface area is 115 Å². The van der Waals surface area contributed by atoms with Crippen molar-refractivity contribution in [3.05, 3.63) is 29.8 Å². The van der Waals surface area contributed by atoms with Gasteiger partial charge in [0.15, 0.2) is 0 Å². The van der Waals surface area contributed by atoms with Gasteiger partial charge in [-0.15, -0.1) is 0 Å². The van der Waals surface area contributed by atoms with Crippen LogP contribution in [0.3, 0.4) is 0 Å². The number of hydrogen-bond donors (Lipinski definition) is 1. The molecule has 0 spiro atoms. The smallest absolute Gasteiger partial charge is 0.124 e. The normalized spacial score (nSPS) is 26.3. The first-order valence-electron chi connectivity index (χ1n) is 7.41. The van der Waals surface area contributed by atoms with Crippen LogP contribution in [0.2, 0.25) is 0 Å². The molecule has 2 N–H and O–H groups in total. The van der Waals surface area contributed by atoms with Crippen LogP contribution < -0.4 is 10.5 Å². The third-order valence-electron chi connectivity index (χ3n) is 4.35. The Kier molecular flexibility index (Phi) is 3.76. The number of nitrogens with two attached hydrogens (primary N) is 1. The molecular formula is C16H23NO2. The fraction of sp³-hybridized carbons (Fsp3) is 0.625. The Morgan fingerprint density at radius 3 is 2.68 bits per heavy atom. The fourth-order valence-electron chi connectivity index (χ4n) is 3.22. The summed E-state index contributed by atoms with van der Waals surface area (Å²) in [6.07, 6.45) is 7.04. The van der Waals surface area contributed by atoms with Crippen LogP contribution in [0.4, 0.5) is 0 Å². The van der Waals surface area contributed by atoms with Gasteiger partial charge in [-0.3, -0.25) is 0 Å². The second-order valence-corrected chi connectivity index (χ2v) is 5.82. The zero-order valence-electron chi connectivity index (χ0n) is 11.4. The molecule has 104 valence electrons. The lowest BCUT2D eigenvalue weighted by Crippen LogP contribution is -2.39. The minimum Gasteiger partial charge on any atom is -0.488 e. The molecule has 1 unspecified atom stereocenters. The first kappa shape index (κ1) is 12.9. The molecule has 0 aromatic heterocycles. The second kappa shape index (κ2) is 5.51. The topological polar surface area (TPSA) is 44.5 Å². The first-order chi connectivity index (χ1) is 9.28. The molecule has 1 aliphatic carbocycles. The monoisotopic (exact) mass is 261 g/mol. The van der Waals surface area contributed by atoms with Crippen LogP contribution in [0.1, 0.15) is 44.1 Å². The highest BCUT2D eigenvalue weighted by atomic mass is 16.5. The summed E-state index contributed by atoms with van der Waals surface area (Å²) in [6.45, 7) is 1.51. The van der Waals surface area contributed by atoms with E-state index in [0.29, 0.717) is 6.61 Å². The van der Waals surface area contributed by atoms with Crippen LogP contribution in [-0.2, 0) is 10.3 Å². The van der Waals surface area contributed by atoms with Crippen LogP contribution in [0.5, 0.6) is 5.75 Å². The highest BCUT2D eigenvalue weighted by molar-refractivity contribution is 5.39. The van der Waals surface area contributed by atoms with Gasteiger partial charge in [0, 0.05) is 17.5 Å². The van der Waals surface area contributed by atoms with Crippen molar-refractivity contribution in [3.8, 4) is 5.75 Å². The van der Waals surface area contributed by atoms with Gasteiger partial charge in [-0.25, -0.2) is 0 Å². The predicted octanol–water partition coefficient (Wildman–Crippen LogP) is 2.97. The van der Waals surface area contributed by atoms with Crippen LogP contribution >= 0.6 is 0 Å². The number of para-hydroxylation sites is 1. The molecule has 1 saturated carbocycles. The average molecular weight is 261 g/mol. The van der Waals surface area contributed by atoms with Gasteiger partial charge in [0.1, 0.15) is 11.9 Å². The second-order valence-electron chi connectivity index (χ2n) is 5.82. The van der Waals surface area contributed by atoms with E-state index in [-0.39, 0.29) is 11.6 Å². The highest BCUT2D eigenvalue weighted by Crippen LogP contribution is 2.39. The van der Waals surface area contributed by atoms with Gasteiger partial charge in [-0.1, -0.05) is 37.5 Å².